The molecule has 5 N–H and O–H groups in total. The number of hydrogen-bond acceptors (Lipinski definition) is 4. The van der Waals surface area contributed by atoms with Crippen LogP contribution in [-0.4, -0.2) is 35.6 Å². The molecule has 90 valence electrons. The monoisotopic (exact) mass is 330 g/mol. The van der Waals surface area contributed by atoms with E-state index in [-0.39, 0.29) is 43.0 Å². The van der Waals surface area contributed by atoms with E-state index in [9.17, 15) is 4.79 Å². The van der Waals surface area contributed by atoms with Crippen LogP contribution in [0.25, 0.3) is 0 Å². The average Bonchev–Trinajstić information content (AvgIpc) is 1.95. The minimum absolute atomic E-state index is 0. The minimum atomic E-state index is -0.643. The fourth-order valence-corrected chi connectivity index (χ4v) is 0.756. The molecule has 0 aromatic heterocycles. The van der Waals surface area contributed by atoms with Gasteiger partial charge in [0.2, 0.25) is 0 Å². The van der Waals surface area contributed by atoms with Crippen molar-refractivity contribution in [2.45, 2.75) is 26.4 Å². The third-order valence-corrected chi connectivity index (χ3v) is 1.26. The molecule has 0 aromatic rings. The number of hydrogen-bond donors (Lipinski definition) is 3. The number of nitrogens with one attached hydrogen (secondary N) is 1. The molecular formula is C8H19IN4O2. The molecule has 1 amide bonds. The molecule has 0 spiro atoms. The second kappa shape index (κ2) is 6.83. The van der Waals surface area contributed by atoms with Gasteiger partial charge in [-0.15, -0.1) is 24.0 Å². The number of nitrogens with two attached hydrogens (primary N) is 2. The van der Waals surface area contributed by atoms with Crippen LogP contribution in [-0.2, 0) is 4.74 Å². The summed E-state index contributed by atoms with van der Waals surface area (Å²) in [5.41, 5.74) is 9.86. The highest BCUT2D eigenvalue weighted by Gasteiger charge is 2.23. The smallest absolute Gasteiger partial charge is 0.417 e. The van der Waals surface area contributed by atoms with Gasteiger partial charge in [0.05, 0.1) is 0 Å². The van der Waals surface area contributed by atoms with Crippen LogP contribution in [0.2, 0.25) is 0 Å². The van der Waals surface area contributed by atoms with E-state index < -0.39 is 11.7 Å². The molecule has 0 heterocycles. The lowest BCUT2D eigenvalue weighted by Gasteiger charge is -2.25. The molecule has 0 bridgehead atoms. The Hall–Kier alpha value is -0.570. The lowest BCUT2D eigenvalue weighted by molar-refractivity contribution is 0.0370. The molecule has 0 saturated carbocycles. The summed E-state index contributed by atoms with van der Waals surface area (Å²) in [7, 11) is 0. The Morgan fingerprint density at radius 3 is 2.20 bits per heavy atom. The van der Waals surface area contributed by atoms with Crippen molar-refractivity contribution in [3.63, 3.8) is 0 Å². The quantitative estimate of drug-likeness (QED) is 0.394. The lowest BCUT2D eigenvalue weighted by atomic mass is 10.2. The highest BCUT2D eigenvalue weighted by atomic mass is 127. The summed E-state index contributed by atoms with van der Waals surface area (Å²) in [5.74, 6) is -0.357. The number of carbonyl (C=O) groups excluding carboxylic acids is 1. The van der Waals surface area contributed by atoms with Gasteiger partial charge in [0.25, 0.3) is 0 Å². The van der Waals surface area contributed by atoms with Crippen LogP contribution in [0.1, 0.15) is 20.8 Å². The largest absolute Gasteiger partial charge is 0.443 e. The van der Waals surface area contributed by atoms with Crippen LogP contribution in [0.5, 0.6) is 0 Å². The molecule has 0 unspecified atom stereocenters. The summed E-state index contributed by atoms with van der Waals surface area (Å²) < 4.78 is 5.02. The summed E-state index contributed by atoms with van der Waals surface area (Å²) in [6.45, 7) is 5.64. The molecule has 0 rings (SSSR count). The molecule has 0 aliphatic heterocycles. The summed E-state index contributed by atoms with van der Waals surface area (Å²) in [4.78, 5) is 12.4. The van der Waals surface area contributed by atoms with Crippen molar-refractivity contribution in [2.75, 3.05) is 13.1 Å². The number of carbonyl (C=O) groups is 1. The molecule has 0 atom stereocenters. The van der Waals surface area contributed by atoms with Gasteiger partial charge >= 0.3 is 6.09 Å². The number of ether oxygens (including phenoxy) is 1. The van der Waals surface area contributed by atoms with Gasteiger partial charge in [0.1, 0.15) is 5.60 Å². The van der Waals surface area contributed by atoms with Gasteiger partial charge in [-0.25, -0.2) is 9.69 Å². The van der Waals surface area contributed by atoms with Crippen LogP contribution in [0.4, 0.5) is 4.79 Å². The third kappa shape index (κ3) is 7.37. The molecule has 0 radical (unpaired) electrons. The highest BCUT2D eigenvalue weighted by molar-refractivity contribution is 14.0. The fraction of sp³-hybridized carbons (Fsp3) is 0.750. The fourth-order valence-electron chi connectivity index (χ4n) is 0.756. The van der Waals surface area contributed by atoms with E-state index in [1.165, 1.54) is 0 Å². The van der Waals surface area contributed by atoms with Gasteiger partial charge in [0.15, 0.2) is 5.96 Å². The minimum Gasteiger partial charge on any atom is -0.443 e. The van der Waals surface area contributed by atoms with Crippen molar-refractivity contribution < 1.29 is 9.53 Å². The maximum Gasteiger partial charge on any atom is 0.417 e. The average molecular weight is 330 g/mol. The van der Waals surface area contributed by atoms with E-state index >= 15 is 0 Å². The third-order valence-electron chi connectivity index (χ3n) is 1.26. The Kier molecular flexibility index (Phi) is 7.67. The Labute approximate surface area is 107 Å². The van der Waals surface area contributed by atoms with Crippen LogP contribution in [0, 0.1) is 5.41 Å². The first-order valence-electron chi connectivity index (χ1n) is 4.32. The summed E-state index contributed by atoms with van der Waals surface area (Å²) in [5, 5.41) is 7.14. The van der Waals surface area contributed by atoms with Gasteiger partial charge in [-0.1, -0.05) is 0 Å². The molecule has 0 saturated heterocycles. The Balaban J connectivity index is 0. The Bertz CT molecular complexity index is 227. The summed E-state index contributed by atoms with van der Waals surface area (Å²) in [6.07, 6.45) is -0.643. The van der Waals surface area contributed by atoms with Crippen LogP contribution < -0.4 is 11.5 Å². The zero-order valence-corrected chi connectivity index (χ0v) is 11.6. The van der Waals surface area contributed by atoms with E-state index in [2.05, 4.69) is 0 Å². The summed E-state index contributed by atoms with van der Waals surface area (Å²) >= 11 is 0. The van der Waals surface area contributed by atoms with Crippen molar-refractivity contribution in [1.82, 2.24) is 4.90 Å². The van der Waals surface area contributed by atoms with Gasteiger partial charge < -0.3 is 16.2 Å². The predicted molar refractivity (Wildman–Crippen MR) is 69.3 cm³/mol. The van der Waals surface area contributed by atoms with Gasteiger partial charge in [-0.05, 0) is 20.8 Å². The molecule has 0 aliphatic carbocycles. The van der Waals surface area contributed by atoms with E-state index in [1.54, 1.807) is 20.8 Å². The van der Waals surface area contributed by atoms with Crippen molar-refractivity contribution in [3.05, 3.63) is 0 Å². The van der Waals surface area contributed by atoms with E-state index in [0.717, 1.165) is 4.90 Å². The van der Waals surface area contributed by atoms with Crippen molar-refractivity contribution in [3.8, 4) is 0 Å². The number of halogens is 1. The van der Waals surface area contributed by atoms with Crippen molar-refractivity contribution >= 4 is 36.0 Å². The van der Waals surface area contributed by atoms with Crippen LogP contribution in [0.3, 0.4) is 0 Å². The second-order valence-electron chi connectivity index (χ2n) is 3.81. The summed E-state index contributed by atoms with van der Waals surface area (Å²) in [6, 6.07) is 0. The van der Waals surface area contributed by atoms with Gasteiger partial charge in [0, 0.05) is 13.1 Å². The molecule has 0 aliphatic rings. The first-order chi connectivity index (χ1) is 6.28. The molecule has 15 heavy (non-hydrogen) atoms. The standard InChI is InChI=1S/C8H18N4O2.HI/c1-8(2,3)14-7(13)12(5-4-9)6(10)11;/h4-5,9H2,1-3H3,(H3,10,11);1H. The first kappa shape index (κ1) is 16.8. The topological polar surface area (TPSA) is 105 Å². The van der Waals surface area contributed by atoms with Crippen LogP contribution >= 0.6 is 24.0 Å². The molecule has 7 heteroatoms. The number of amides is 1. The predicted octanol–water partition coefficient (Wildman–Crippen LogP) is 0.694. The highest BCUT2D eigenvalue weighted by Crippen LogP contribution is 2.09. The second-order valence-corrected chi connectivity index (χ2v) is 3.81. The number of nitrogens with zero attached hydrogens (tertiary/aromatic N) is 1. The van der Waals surface area contributed by atoms with E-state index in [4.69, 9.17) is 21.6 Å². The van der Waals surface area contributed by atoms with E-state index in [1.807, 2.05) is 0 Å². The molecule has 0 fully saturated rings. The van der Waals surface area contributed by atoms with Crippen molar-refractivity contribution in [2.24, 2.45) is 11.5 Å². The SMILES string of the molecule is CC(C)(C)OC(=O)N(CCN)C(=N)N.I. The van der Waals surface area contributed by atoms with Crippen molar-refractivity contribution in [1.29, 1.82) is 5.41 Å². The van der Waals surface area contributed by atoms with Gasteiger partial charge in [-0.2, -0.15) is 0 Å². The molecule has 0 aromatic carbocycles. The van der Waals surface area contributed by atoms with Crippen LogP contribution in [0.15, 0.2) is 0 Å². The lowest BCUT2D eigenvalue weighted by Crippen LogP contribution is -2.46. The zero-order chi connectivity index (χ0) is 11.4. The first-order valence-corrected chi connectivity index (χ1v) is 4.32. The number of rotatable bonds is 2. The normalized spacial score (nSPS) is 10.1. The Morgan fingerprint density at radius 1 is 1.47 bits per heavy atom. The maximum atomic E-state index is 11.4. The molecular weight excluding hydrogens is 311 g/mol. The zero-order valence-electron chi connectivity index (χ0n) is 9.24. The number of guanidine groups is 1. The van der Waals surface area contributed by atoms with E-state index in [0.29, 0.717) is 0 Å². The molecule has 6 nitrogen and oxygen atoms in total. The Morgan fingerprint density at radius 2 is 1.93 bits per heavy atom. The maximum absolute atomic E-state index is 11.4. The van der Waals surface area contributed by atoms with Gasteiger partial charge in [-0.3, -0.25) is 5.41 Å².